The Balaban J connectivity index is 1.86. The number of amides is 3. The van der Waals surface area contributed by atoms with Crippen LogP contribution in [0.4, 0.5) is 9.18 Å². The topological polar surface area (TPSA) is 49.4 Å². The fourth-order valence-electron chi connectivity index (χ4n) is 3.55. The first kappa shape index (κ1) is 15.0. The maximum Gasteiger partial charge on any atom is 0.325 e. The summed E-state index contributed by atoms with van der Waals surface area (Å²) in [7, 11) is 0. The van der Waals surface area contributed by atoms with Crippen LogP contribution in [0.1, 0.15) is 57.1 Å². The molecular weight excluding hydrogens is 283 g/mol. The van der Waals surface area contributed by atoms with Crippen LogP contribution in [0.25, 0.3) is 0 Å². The molecule has 5 heteroatoms. The van der Waals surface area contributed by atoms with Gasteiger partial charge in [0.2, 0.25) is 0 Å². The van der Waals surface area contributed by atoms with E-state index in [1.807, 2.05) is 0 Å². The Kier molecular flexibility index (Phi) is 3.89. The number of rotatable bonds is 2. The minimum atomic E-state index is -0.720. The maximum atomic E-state index is 13.1. The van der Waals surface area contributed by atoms with Gasteiger partial charge in [-0.05, 0) is 37.5 Å². The monoisotopic (exact) mass is 304 g/mol. The predicted molar refractivity (Wildman–Crippen MR) is 80.6 cm³/mol. The lowest BCUT2D eigenvalue weighted by atomic mass is 9.90. The average molecular weight is 304 g/mol. The molecule has 1 atom stereocenters. The summed E-state index contributed by atoms with van der Waals surface area (Å²) in [5.41, 5.74) is 0.0394. The second-order valence-electron chi connectivity index (χ2n) is 6.33. The molecule has 22 heavy (non-hydrogen) atoms. The van der Waals surface area contributed by atoms with E-state index in [2.05, 4.69) is 5.32 Å². The molecule has 1 spiro atoms. The largest absolute Gasteiger partial charge is 0.325 e. The van der Waals surface area contributed by atoms with E-state index in [1.165, 1.54) is 17.0 Å². The molecule has 0 radical (unpaired) electrons. The van der Waals surface area contributed by atoms with E-state index < -0.39 is 11.6 Å². The first-order chi connectivity index (χ1) is 10.5. The third-order valence-electron chi connectivity index (χ3n) is 4.89. The van der Waals surface area contributed by atoms with E-state index in [9.17, 15) is 14.0 Å². The van der Waals surface area contributed by atoms with Gasteiger partial charge < -0.3 is 5.32 Å². The average Bonchev–Trinajstić information content (AvgIpc) is 2.67. The fraction of sp³-hybridized carbons (Fsp3) is 0.529. The molecule has 4 nitrogen and oxygen atoms in total. The number of carbonyl (C=O) groups is 2. The third-order valence-corrected chi connectivity index (χ3v) is 4.89. The zero-order valence-corrected chi connectivity index (χ0v) is 12.8. The Bertz CT molecular complexity index is 577. The molecular formula is C17H21FN2O2. The van der Waals surface area contributed by atoms with Gasteiger partial charge in [0.1, 0.15) is 11.4 Å². The van der Waals surface area contributed by atoms with Gasteiger partial charge in [-0.15, -0.1) is 0 Å². The Morgan fingerprint density at radius 1 is 1.09 bits per heavy atom. The van der Waals surface area contributed by atoms with Crippen LogP contribution in [0.2, 0.25) is 0 Å². The molecule has 1 aromatic carbocycles. The van der Waals surface area contributed by atoms with Crippen molar-refractivity contribution in [2.24, 2.45) is 0 Å². The number of hydrogen-bond donors (Lipinski definition) is 1. The van der Waals surface area contributed by atoms with E-state index in [0.29, 0.717) is 12.8 Å². The molecule has 1 aromatic rings. The summed E-state index contributed by atoms with van der Waals surface area (Å²) < 4.78 is 13.1. The van der Waals surface area contributed by atoms with Gasteiger partial charge in [-0.2, -0.15) is 0 Å². The molecule has 1 saturated heterocycles. The number of benzene rings is 1. The van der Waals surface area contributed by atoms with E-state index in [4.69, 9.17) is 0 Å². The molecule has 118 valence electrons. The van der Waals surface area contributed by atoms with Gasteiger partial charge in [0.25, 0.3) is 5.91 Å². The van der Waals surface area contributed by atoms with Crippen molar-refractivity contribution < 1.29 is 14.0 Å². The number of carbonyl (C=O) groups excluding carboxylic acids is 2. The number of urea groups is 1. The van der Waals surface area contributed by atoms with Gasteiger partial charge in [-0.1, -0.05) is 37.8 Å². The minimum absolute atomic E-state index is 0.128. The molecule has 1 N–H and O–H groups in total. The summed E-state index contributed by atoms with van der Waals surface area (Å²) in [6.07, 6.45) is 5.57. The quantitative estimate of drug-likeness (QED) is 0.850. The summed E-state index contributed by atoms with van der Waals surface area (Å²) in [6, 6.07) is 5.23. The second-order valence-corrected chi connectivity index (χ2v) is 6.33. The van der Waals surface area contributed by atoms with Gasteiger partial charge in [0, 0.05) is 0 Å². The van der Waals surface area contributed by atoms with Crippen molar-refractivity contribution in [1.82, 2.24) is 10.2 Å². The van der Waals surface area contributed by atoms with Gasteiger partial charge >= 0.3 is 6.03 Å². The molecule has 3 rings (SSSR count). The highest BCUT2D eigenvalue weighted by molar-refractivity contribution is 6.07. The molecule has 0 unspecified atom stereocenters. The predicted octanol–water partition coefficient (Wildman–Crippen LogP) is 3.53. The molecule has 1 saturated carbocycles. The number of nitrogens with one attached hydrogen (secondary N) is 1. The van der Waals surface area contributed by atoms with Crippen LogP contribution in [0.5, 0.6) is 0 Å². The van der Waals surface area contributed by atoms with Crippen LogP contribution in [0, 0.1) is 5.82 Å². The van der Waals surface area contributed by atoms with E-state index in [1.54, 1.807) is 19.1 Å². The third kappa shape index (κ3) is 2.49. The molecule has 0 bridgehead atoms. The molecule has 0 aromatic heterocycles. The van der Waals surface area contributed by atoms with Gasteiger partial charge in [-0.3, -0.25) is 9.69 Å². The fourth-order valence-corrected chi connectivity index (χ4v) is 3.55. The van der Waals surface area contributed by atoms with Gasteiger partial charge in [-0.25, -0.2) is 9.18 Å². The van der Waals surface area contributed by atoms with Crippen molar-refractivity contribution >= 4 is 11.9 Å². The number of nitrogens with zero attached hydrogens (tertiary/aromatic N) is 1. The Morgan fingerprint density at radius 2 is 1.68 bits per heavy atom. The van der Waals surface area contributed by atoms with Crippen molar-refractivity contribution in [3.05, 3.63) is 35.6 Å². The zero-order valence-electron chi connectivity index (χ0n) is 12.8. The van der Waals surface area contributed by atoms with Gasteiger partial charge in [0.05, 0.1) is 6.04 Å². The standard InChI is InChI=1S/C17H21FN2O2/c1-12(13-6-8-14(18)9-7-13)20-15(21)17(19-16(20)22)10-4-2-3-5-11-17/h6-9,12H,2-5,10-11H2,1H3,(H,19,22)/t12-/m0/s1. The molecule has 1 aliphatic carbocycles. The lowest BCUT2D eigenvalue weighted by Gasteiger charge is -2.27. The summed E-state index contributed by atoms with van der Waals surface area (Å²) in [5, 5.41) is 2.93. The summed E-state index contributed by atoms with van der Waals surface area (Å²) in [4.78, 5) is 26.6. The Labute approximate surface area is 129 Å². The molecule has 2 fully saturated rings. The zero-order chi connectivity index (χ0) is 15.7. The van der Waals surface area contributed by atoms with Crippen LogP contribution in [0.15, 0.2) is 24.3 Å². The SMILES string of the molecule is C[C@@H](c1ccc(F)cc1)N1C(=O)NC2(CCCCCC2)C1=O. The Hall–Kier alpha value is -1.91. The summed E-state index contributed by atoms with van der Waals surface area (Å²) >= 11 is 0. The number of imide groups is 1. The van der Waals surface area contributed by atoms with E-state index in [-0.39, 0.29) is 17.8 Å². The second kappa shape index (κ2) is 5.71. The summed E-state index contributed by atoms with van der Waals surface area (Å²) in [6.45, 7) is 1.81. The van der Waals surface area contributed by atoms with Crippen LogP contribution >= 0.6 is 0 Å². The minimum Gasteiger partial charge on any atom is -0.323 e. The molecule has 2 aliphatic rings. The summed E-state index contributed by atoms with van der Waals surface area (Å²) in [5.74, 6) is -0.454. The first-order valence-corrected chi connectivity index (χ1v) is 7.95. The highest BCUT2D eigenvalue weighted by atomic mass is 19.1. The highest BCUT2D eigenvalue weighted by Crippen LogP contribution is 2.36. The lowest BCUT2D eigenvalue weighted by Crippen LogP contribution is -2.46. The van der Waals surface area contributed by atoms with E-state index in [0.717, 1.165) is 31.2 Å². The molecule has 3 amide bonds. The molecule has 1 heterocycles. The highest BCUT2D eigenvalue weighted by Gasteiger charge is 2.52. The van der Waals surface area contributed by atoms with Crippen molar-refractivity contribution in [2.45, 2.75) is 57.0 Å². The van der Waals surface area contributed by atoms with Crippen molar-refractivity contribution in [3.8, 4) is 0 Å². The van der Waals surface area contributed by atoms with Gasteiger partial charge in [0.15, 0.2) is 0 Å². The van der Waals surface area contributed by atoms with Crippen LogP contribution in [0.3, 0.4) is 0 Å². The maximum absolute atomic E-state index is 13.1. The van der Waals surface area contributed by atoms with E-state index >= 15 is 0 Å². The van der Waals surface area contributed by atoms with Crippen LogP contribution < -0.4 is 5.32 Å². The Morgan fingerprint density at radius 3 is 2.27 bits per heavy atom. The van der Waals surface area contributed by atoms with Crippen molar-refractivity contribution in [2.75, 3.05) is 0 Å². The van der Waals surface area contributed by atoms with Crippen molar-refractivity contribution in [1.29, 1.82) is 0 Å². The first-order valence-electron chi connectivity index (χ1n) is 7.95. The smallest absolute Gasteiger partial charge is 0.323 e. The van der Waals surface area contributed by atoms with Crippen molar-refractivity contribution in [3.63, 3.8) is 0 Å². The molecule has 1 aliphatic heterocycles. The number of halogens is 1. The normalized spacial score (nSPS) is 22.5. The van der Waals surface area contributed by atoms with Crippen LogP contribution in [-0.4, -0.2) is 22.4 Å². The lowest BCUT2D eigenvalue weighted by molar-refractivity contribution is -0.133. The van der Waals surface area contributed by atoms with Crippen LogP contribution in [-0.2, 0) is 4.79 Å². The number of hydrogen-bond acceptors (Lipinski definition) is 2.